The maximum Gasteiger partial charge on any atom is 0.410 e. The molecule has 104 valence electrons. The number of amides is 1. The molecule has 0 saturated carbocycles. The molecule has 1 amide bonds. The number of aliphatic carboxylic acids is 1. The molecule has 5 heteroatoms. The average molecular weight is 257 g/mol. The quantitative estimate of drug-likeness (QED) is 0.825. The molecule has 1 aliphatic heterocycles. The van der Waals surface area contributed by atoms with Gasteiger partial charge in [-0.2, -0.15) is 0 Å². The van der Waals surface area contributed by atoms with E-state index >= 15 is 0 Å². The number of hydrogen-bond donors (Lipinski definition) is 1. The van der Waals surface area contributed by atoms with E-state index in [1.807, 2.05) is 20.8 Å². The highest BCUT2D eigenvalue weighted by atomic mass is 16.6. The molecule has 1 saturated heterocycles. The molecule has 18 heavy (non-hydrogen) atoms. The summed E-state index contributed by atoms with van der Waals surface area (Å²) in [5, 5.41) is 8.91. The van der Waals surface area contributed by atoms with E-state index < -0.39 is 17.7 Å². The first kappa shape index (κ1) is 14.8. The Labute approximate surface area is 108 Å². The fraction of sp³-hybridized carbons (Fsp3) is 0.846. The summed E-state index contributed by atoms with van der Waals surface area (Å²) in [6.07, 6.45) is 3.27. The minimum atomic E-state index is -0.865. The molecule has 0 spiro atoms. The van der Waals surface area contributed by atoms with Crippen LogP contribution in [0.2, 0.25) is 0 Å². The predicted octanol–water partition coefficient (Wildman–Crippen LogP) is 2.64. The summed E-state index contributed by atoms with van der Waals surface area (Å²) in [6.45, 7) is 6.03. The van der Waals surface area contributed by atoms with Gasteiger partial charge in [0.05, 0.1) is 6.42 Å². The number of rotatable bonds is 2. The standard InChI is InChI=1S/C13H23NO4/c1-13(2,3)18-12(17)14-8-6-4-5-7-10(14)9-11(15)16/h10H,4-9H2,1-3H3,(H,15,16)/t10-/m0/s1. The number of hydrogen-bond acceptors (Lipinski definition) is 3. The van der Waals surface area contributed by atoms with E-state index in [0.717, 1.165) is 25.7 Å². The van der Waals surface area contributed by atoms with Crippen LogP contribution in [0.4, 0.5) is 4.79 Å². The first-order valence-corrected chi connectivity index (χ1v) is 6.51. The topological polar surface area (TPSA) is 66.8 Å². The molecule has 1 rings (SSSR count). The third-order valence-corrected chi connectivity index (χ3v) is 2.92. The molecule has 0 radical (unpaired) electrons. The average Bonchev–Trinajstić information content (AvgIpc) is 2.39. The second kappa shape index (κ2) is 6.07. The van der Waals surface area contributed by atoms with Gasteiger partial charge in [0, 0.05) is 12.6 Å². The summed E-state index contributed by atoms with van der Waals surface area (Å²) in [5.41, 5.74) is -0.544. The normalized spacial score (nSPS) is 21.3. The van der Waals surface area contributed by atoms with Crippen LogP contribution >= 0.6 is 0 Å². The van der Waals surface area contributed by atoms with Gasteiger partial charge in [-0.25, -0.2) is 4.79 Å². The molecule has 0 aromatic rings. The highest BCUT2D eigenvalue weighted by Gasteiger charge is 2.30. The van der Waals surface area contributed by atoms with Gasteiger partial charge in [0.15, 0.2) is 0 Å². The van der Waals surface area contributed by atoms with Crippen LogP contribution in [-0.2, 0) is 9.53 Å². The lowest BCUT2D eigenvalue weighted by Gasteiger charge is -2.31. The number of nitrogens with zero attached hydrogens (tertiary/aromatic N) is 1. The minimum absolute atomic E-state index is 0.000751. The van der Waals surface area contributed by atoms with E-state index in [4.69, 9.17) is 9.84 Å². The monoisotopic (exact) mass is 257 g/mol. The van der Waals surface area contributed by atoms with Crippen LogP contribution in [0.3, 0.4) is 0 Å². The van der Waals surface area contributed by atoms with Crippen molar-refractivity contribution in [2.45, 2.75) is 64.5 Å². The van der Waals surface area contributed by atoms with Crippen LogP contribution in [-0.4, -0.2) is 40.3 Å². The molecule has 0 aliphatic carbocycles. The molecule has 0 bridgehead atoms. The van der Waals surface area contributed by atoms with Crippen LogP contribution in [0.15, 0.2) is 0 Å². The lowest BCUT2D eigenvalue weighted by atomic mass is 10.1. The van der Waals surface area contributed by atoms with E-state index in [-0.39, 0.29) is 12.5 Å². The second-order valence-electron chi connectivity index (χ2n) is 5.77. The van der Waals surface area contributed by atoms with Gasteiger partial charge < -0.3 is 14.7 Å². The zero-order chi connectivity index (χ0) is 13.8. The molecule has 1 N–H and O–H groups in total. The maximum absolute atomic E-state index is 12.1. The lowest BCUT2D eigenvalue weighted by Crippen LogP contribution is -2.44. The fourth-order valence-corrected chi connectivity index (χ4v) is 2.15. The number of likely N-dealkylation sites (tertiary alicyclic amines) is 1. The van der Waals surface area contributed by atoms with Gasteiger partial charge in [-0.15, -0.1) is 0 Å². The van der Waals surface area contributed by atoms with Gasteiger partial charge in [-0.3, -0.25) is 4.79 Å². The summed E-state index contributed by atoms with van der Waals surface area (Å²) in [7, 11) is 0. The van der Waals surface area contributed by atoms with Crippen LogP contribution in [0.5, 0.6) is 0 Å². The van der Waals surface area contributed by atoms with Gasteiger partial charge in [0.2, 0.25) is 0 Å². The zero-order valence-electron chi connectivity index (χ0n) is 11.4. The summed E-state index contributed by atoms with van der Waals surface area (Å²) in [5.74, 6) is -0.865. The summed E-state index contributed by atoms with van der Waals surface area (Å²) < 4.78 is 5.34. The van der Waals surface area contributed by atoms with Crippen LogP contribution < -0.4 is 0 Å². The summed E-state index contributed by atoms with van der Waals surface area (Å²) >= 11 is 0. The van der Waals surface area contributed by atoms with Crippen molar-refractivity contribution in [3.05, 3.63) is 0 Å². The molecule has 1 atom stereocenters. The second-order valence-corrected chi connectivity index (χ2v) is 5.77. The molecular formula is C13H23NO4. The van der Waals surface area contributed by atoms with Gasteiger partial charge in [-0.1, -0.05) is 12.8 Å². The van der Waals surface area contributed by atoms with E-state index in [1.165, 1.54) is 0 Å². The third kappa shape index (κ3) is 4.94. The number of carbonyl (C=O) groups is 2. The minimum Gasteiger partial charge on any atom is -0.481 e. The number of carbonyl (C=O) groups excluding carboxylic acids is 1. The highest BCUT2D eigenvalue weighted by Crippen LogP contribution is 2.22. The van der Waals surface area contributed by atoms with Crippen molar-refractivity contribution in [3.63, 3.8) is 0 Å². The summed E-state index contributed by atoms with van der Waals surface area (Å²) in [4.78, 5) is 24.5. The Hall–Kier alpha value is -1.26. The maximum atomic E-state index is 12.1. The molecule has 0 aromatic heterocycles. The number of ether oxygens (including phenoxy) is 1. The summed E-state index contributed by atoms with van der Waals surface area (Å²) in [6, 6.07) is -0.236. The van der Waals surface area contributed by atoms with Crippen molar-refractivity contribution < 1.29 is 19.4 Å². The molecule has 1 fully saturated rings. The van der Waals surface area contributed by atoms with Gasteiger partial charge in [-0.05, 0) is 33.6 Å². The number of carboxylic acids is 1. The van der Waals surface area contributed by atoms with Crippen molar-refractivity contribution in [1.82, 2.24) is 4.90 Å². The van der Waals surface area contributed by atoms with Crippen molar-refractivity contribution in [2.24, 2.45) is 0 Å². The molecule has 1 aliphatic rings. The van der Waals surface area contributed by atoms with Gasteiger partial charge in [0.25, 0.3) is 0 Å². The zero-order valence-corrected chi connectivity index (χ0v) is 11.4. The van der Waals surface area contributed by atoms with E-state index in [1.54, 1.807) is 4.90 Å². The largest absolute Gasteiger partial charge is 0.481 e. The Morgan fingerprint density at radius 1 is 1.28 bits per heavy atom. The molecule has 0 unspecified atom stereocenters. The Balaban J connectivity index is 2.72. The SMILES string of the molecule is CC(C)(C)OC(=O)N1CCCCC[C@H]1CC(=O)O. The number of carboxylic acid groups (broad SMARTS) is 1. The Morgan fingerprint density at radius 3 is 2.50 bits per heavy atom. The smallest absolute Gasteiger partial charge is 0.410 e. The van der Waals surface area contributed by atoms with Crippen LogP contribution in [0.1, 0.15) is 52.9 Å². The van der Waals surface area contributed by atoms with E-state index in [9.17, 15) is 9.59 Å². The van der Waals surface area contributed by atoms with Gasteiger partial charge in [0.1, 0.15) is 5.60 Å². The Bertz CT molecular complexity index is 309. The molecular weight excluding hydrogens is 234 g/mol. The molecule has 0 aromatic carbocycles. The fourth-order valence-electron chi connectivity index (χ4n) is 2.15. The first-order chi connectivity index (χ1) is 8.29. The highest BCUT2D eigenvalue weighted by molar-refractivity contribution is 5.71. The van der Waals surface area contributed by atoms with Crippen molar-refractivity contribution in [3.8, 4) is 0 Å². The van der Waals surface area contributed by atoms with E-state index in [2.05, 4.69) is 0 Å². The van der Waals surface area contributed by atoms with Crippen LogP contribution in [0, 0.1) is 0 Å². The molecule has 1 heterocycles. The third-order valence-electron chi connectivity index (χ3n) is 2.92. The van der Waals surface area contributed by atoms with Crippen molar-refractivity contribution >= 4 is 12.1 Å². The Kier molecular flexibility index (Phi) is 4.99. The van der Waals surface area contributed by atoms with Crippen molar-refractivity contribution in [1.29, 1.82) is 0 Å². The Morgan fingerprint density at radius 2 is 1.94 bits per heavy atom. The van der Waals surface area contributed by atoms with Gasteiger partial charge >= 0.3 is 12.1 Å². The first-order valence-electron chi connectivity index (χ1n) is 6.51. The van der Waals surface area contributed by atoms with E-state index in [0.29, 0.717) is 6.54 Å². The predicted molar refractivity (Wildman–Crippen MR) is 67.4 cm³/mol. The molecule has 5 nitrogen and oxygen atoms in total. The lowest BCUT2D eigenvalue weighted by molar-refractivity contribution is -0.138. The van der Waals surface area contributed by atoms with Crippen molar-refractivity contribution in [2.75, 3.05) is 6.54 Å². The van der Waals surface area contributed by atoms with Crippen LogP contribution in [0.25, 0.3) is 0 Å².